The number of esters is 1. The number of hydrogen-bond acceptors (Lipinski definition) is 8. The van der Waals surface area contributed by atoms with E-state index in [0.29, 0.717) is 5.56 Å². The molecular weight excluding hydrogens is 408 g/mol. The van der Waals surface area contributed by atoms with Crippen LogP contribution in [0.25, 0.3) is 0 Å². The monoisotopic (exact) mass is 438 g/mol. The van der Waals surface area contributed by atoms with Crippen molar-refractivity contribution < 1.29 is 38.5 Å². The first kappa shape index (κ1) is 26.1. The predicted octanol–water partition coefficient (Wildman–Crippen LogP) is 0.819. The van der Waals surface area contributed by atoms with E-state index in [2.05, 4.69) is 15.4 Å². The molecule has 172 valence electrons. The van der Waals surface area contributed by atoms with Crippen LogP contribution in [0.5, 0.6) is 0 Å². The highest BCUT2D eigenvalue weighted by atomic mass is 16.6. The van der Waals surface area contributed by atoms with E-state index in [1.807, 2.05) is 0 Å². The summed E-state index contributed by atoms with van der Waals surface area (Å²) >= 11 is 0. The van der Waals surface area contributed by atoms with Crippen molar-refractivity contribution in [3.8, 4) is 0 Å². The lowest BCUT2D eigenvalue weighted by Crippen LogP contribution is -2.54. The van der Waals surface area contributed by atoms with Crippen molar-refractivity contribution in [1.82, 2.24) is 10.6 Å². The largest absolute Gasteiger partial charge is 0.467 e. The molecule has 0 unspecified atom stereocenters. The van der Waals surface area contributed by atoms with Crippen molar-refractivity contribution in [2.45, 2.75) is 44.9 Å². The van der Waals surface area contributed by atoms with Crippen molar-refractivity contribution in [2.24, 2.45) is 0 Å². The van der Waals surface area contributed by atoms with Crippen LogP contribution in [0, 0.1) is 0 Å². The van der Waals surface area contributed by atoms with Gasteiger partial charge in [0.15, 0.2) is 11.8 Å². The van der Waals surface area contributed by atoms with Crippen LogP contribution in [-0.4, -0.2) is 73.5 Å². The highest BCUT2D eigenvalue weighted by molar-refractivity contribution is 5.97. The molecule has 1 rings (SSSR count). The smallest absolute Gasteiger partial charge is 0.408 e. The predicted molar refractivity (Wildman–Crippen MR) is 110 cm³/mol. The van der Waals surface area contributed by atoms with Crippen LogP contribution < -0.4 is 10.6 Å². The summed E-state index contributed by atoms with van der Waals surface area (Å²) in [4.78, 5) is 48.6. The van der Waals surface area contributed by atoms with Crippen LogP contribution in [0.1, 0.15) is 37.6 Å². The molecule has 2 amide bonds. The van der Waals surface area contributed by atoms with E-state index >= 15 is 0 Å². The molecule has 0 aromatic heterocycles. The summed E-state index contributed by atoms with van der Waals surface area (Å²) in [7, 11) is 1.14. The SMILES string of the molecule is COC(=O)[C@H](COCC(=O)c1ccccc1)NC(=O)[C@H](CCO)NC(=O)OC(C)(C)C. The number of methoxy groups -OCH3 is 1. The number of nitrogens with one attached hydrogen (secondary N) is 2. The Hall–Kier alpha value is -2.98. The van der Waals surface area contributed by atoms with Crippen molar-refractivity contribution in [1.29, 1.82) is 0 Å². The molecule has 0 spiro atoms. The first-order chi connectivity index (χ1) is 14.6. The normalized spacial score (nSPS) is 12.9. The van der Waals surface area contributed by atoms with Crippen LogP contribution in [0.3, 0.4) is 0 Å². The highest BCUT2D eigenvalue weighted by Crippen LogP contribution is 2.07. The molecule has 0 aliphatic heterocycles. The van der Waals surface area contributed by atoms with Crippen molar-refractivity contribution in [3.05, 3.63) is 35.9 Å². The van der Waals surface area contributed by atoms with Crippen molar-refractivity contribution >= 4 is 23.8 Å². The Morgan fingerprint density at radius 1 is 1.03 bits per heavy atom. The fraction of sp³-hybridized carbons (Fsp3) is 0.524. The summed E-state index contributed by atoms with van der Waals surface area (Å²) in [5.74, 6) is -1.82. The summed E-state index contributed by atoms with van der Waals surface area (Å²) < 4.78 is 15.1. The first-order valence-electron chi connectivity index (χ1n) is 9.72. The van der Waals surface area contributed by atoms with Crippen LogP contribution >= 0.6 is 0 Å². The topological polar surface area (TPSA) is 140 Å². The van der Waals surface area contributed by atoms with Crippen LogP contribution in [0.2, 0.25) is 0 Å². The van der Waals surface area contributed by atoms with Gasteiger partial charge in [0.05, 0.1) is 13.7 Å². The number of carbonyl (C=O) groups is 4. The third kappa shape index (κ3) is 10.1. The number of alkyl carbamates (subject to hydrolysis) is 1. The summed E-state index contributed by atoms with van der Waals surface area (Å²) in [5.41, 5.74) is -0.330. The van der Waals surface area contributed by atoms with E-state index in [-0.39, 0.29) is 25.4 Å². The Morgan fingerprint density at radius 2 is 1.68 bits per heavy atom. The van der Waals surface area contributed by atoms with E-state index in [4.69, 9.17) is 9.47 Å². The summed E-state index contributed by atoms with van der Waals surface area (Å²) in [6.07, 6.45) is -0.952. The van der Waals surface area contributed by atoms with Crippen LogP contribution in [-0.2, 0) is 23.8 Å². The fourth-order valence-electron chi connectivity index (χ4n) is 2.41. The number of hydrogen-bond donors (Lipinski definition) is 3. The zero-order valence-electron chi connectivity index (χ0n) is 18.2. The summed E-state index contributed by atoms with van der Waals surface area (Å²) in [5, 5.41) is 14.0. The standard InChI is InChI=1S/C21H30N2O8/c1-21(2,3)31-20(28)23-15(10-11-24)18(26)22-16(19(27)29-4)12-30-13-17(25)14-8-6-5-7-9-14/h5-9,15-16,24H,10-13H2,1-4H3,(H,22,26)(H,23,28)/t15-,16-/m0/s1. The lowest BCUT2D eigenvalue weighted by atomic mass is 10.1. The molecule has 0 heterocycles. The van der Waals surface area contributed by atoms with Crippen molar-refractivity contribution in [2.75, 3.05) is 26.9 Å². The maximum Gasteiger partial charge on any atom is 0.408 e. The van der Waals surface area contributed by atoms with Gasteiger partial charge in [-0.1, -0.05) is 30.3 Å². The number of benzene rings is 1. The second-order valence-electron chi connectivity index (χ2n) is 7.60. The Labute approximate surface area is 181 Å². The molecule has 1 aromatic carbocycles. The molecule has 0 fully saturated rings. The molecule has 2 atom stereocenters. The number of ketones is 1. The molecule has 0 aliphatic carbocycles. The molecule has 0 aliphatic rings. The molecule has 10 nitrogen and oxygen atoms in total. The van der Waals surface area contributed by atoms with E-state index in [9.17, 15) is 24.3 Å². The zero-order valence-corrected chi connectivity index (χ0v) is 18.2. The number of rotatable bonds is 11. The first-order valence-corrected chi connectivity index (χ1v) is 9.72. The number of aliphatic hydroxyl groups is 1. The second kappa shape index (κ2) is 12.7. The molecular formula is C21H30N2O8. The van der Waals surface area contributed by atoms with Gasteiger partial charge in [0.1, 0.15) is 18.2 Å². The molecule has 0 saturated carbocycles. The Balaban J connectivity index is 2.70. The average Bonchev–Trinajstić information content (AvgIpc) is 2.71. The van der Waals surface area contributed by atoms with Gasteiger partial charge < -0.3 is 30.0 Å². The van der Waals surface area contributed by atoms with Gasteiger partial charge in [-0.25, -0.2) is 9.59 Å². The van der Waals surface area contributed by atoms with Gasteiger partial charge in [0.25, 0.3) is 0 Å². The molecule has 0 bridgehead atoms. The molecule has 31 heavy (non-hydrogen) atoms. The van der Waals surface area contributed by atoms with Crippen LogP contribution in [0.4, 0.5) is 4.79 Å². The minimum absolute atomic E-state index is 0.105. The Kier molecular flexibility index (Phi) is 10.6. The minimum Gasteiger partial charge on any atom is -0.467 e. The third-order valence-corrected chi connectivity index (χ3v) is 3.84. The van der Waals surface area contributed by atoms with Gasteiger partial charge in [-0.15, -0.1) is 0 Å². The number of carbonyl (C=O) groups excluding carboxylic acids is 4. The maximum absolute atomic E-state index is 12.6. The van der Waals surface area contributed by atoms with Gasteiger partial charge in [-0.3, -0.25) is 9.59 Å². The lowest BCUT2D eigenvalue weighted by Gasteiger charge is -2.24. The quantitative estimate of drug-likeness (QED) is 0.341. The van der Waals surface area contributed by atoms with E-state index in [1.54, 1.807) is 51.1 Å². The Morgan fingerprint density at radius 3 is 2.23 bits per heavy atom. The van der Waals surface area contributed by atoms with Gasteiger partial charge >= 0.3 is 12.1 Å². The van der Waals surface area contributed by atoms with E-state index < -0.39 is 42.3 Å². The second-order valence-corrected chi connectivity index (χ2v) is 7.60. The Bertz CT molecular complexity index is 745. The third-order valence-electron chi connectivity index (χ3n) is 3.84. The summed E-state index contributed by atoms with van der Waals surface area (Å²) in [6.45, 7) is 3.97. The molecule has 1 aromatic rings. The van der Waals surface area contributed by atoms with E-state index in [1.165, 1.54) is 0 Å². The zero-order chi connectivity index (χ0) is 23.4. The number of ether oxygens (including phenoxy) is 3. The fourth-order valence-corrected chi connectivity index (χ4v) is 2.41. The lowest BCUT2D eigenvalue weighted by molar-refractivity contribution is -0.147. The van der Waals surface area contributed by atoms with Gasteiger partial charge in [-0.2, -0.15) is 0 Å². The minimum atomic E-state index is -1.22. The number of Topliss-reactive ketones (excluding diaryl/α,β-unsaturated/α-hetero) is 1. The van der Waals surface area contributed by atoms with Crippen molar-refractivity contribution in [3.63, 3.8) is 0 Å². The van der Waals surface area contributed by atoms with Gasteiger partial charge in [0, 0.05) is 12.2 Å². The van der Waals surface area contributed by atoms with Gasteiger partial charge in [-0.05, 0) is 27.2 Å². The molecule has 10 heteroatoms. The summed E-state index contributed by atoms with van der Waals surface area (Å²) in [6, 6.07) is 6.09. The van der Waals surface area contributed by atoms with Crippen LogP contribution in [0.15, 0.2) is 30.3 Å². The molecule has 0 radical (unpaired) electrons. The van der Waals surface area contributed by atoms with E-state index in [0.717, 1.165) is 7.11 Å². The maximum atomic E-state index is 12.6. The molecule has 0 saturated heterocycles. The average molecular weight is 438 g/mol. The highest BCUT2D eigenvalue weighted by Gasteiger charge is 2.29. The molecule has 3 N–H and O–H groups in total. The number of aliphatic hydroxyl groups excluding tert-OH is 1. The van der Waals surface area contributed by atoms with Gasteiger partial charge in [0.2, 0.25) is 5.91 Å². The number of amides is 2.